The van der Waals surface area contributed by atoms with Gasteiger partial charge in [0.2, 0.25) is 0 Å². The Morgan fingerprint density at radius 3 is 2.68 bits per heavy atom. The van der Waals surface area contributed by atoms with Crippen LogP contribution in [0.5, 0.6) is 5.75 Å². The van der Waals surface area contributed by atoms with Crippen molar-refractivity contribution in [1.29, 1.82) is 0 Å². The van der Waals surface area contributed by atoms with Crippen molar-refractivity contribution in [2.45, 2.75) is 58.0 Å². The topological polar surface area (TPSA) is 78.4 Å². The Hall–Kier alpha value is -3.12. The van der Waals surface area contributed by atoms with Crippen molar-refractivity contribution < 1.29 is 14.6 Å². The van der Waals surface area contributed by atoms with Crippen molar-refractivity contribution in [3.63, 3.8) is 0 Å². The second kappa shape index (κ2) is 10.7. The van der Waals surface area contributed by atoms with Crippen LogP contribution in [0, 0.1) is 17.8 Å². The van der Waals surface area contributed by atoms with Gasteiger partial charge in [0.15, 0.2) is 0 Å². The number of aromatic hydroxyl groups is 1. The number of imidazole rings is 1. The number of benzene rings is 2. The smallest absolute Gasteiger partial charge is 0.308 e. The standard InChI is InChI=1S/C31H39N3O3/c1-21(2)30(36)37-31(20-23-14-15-24(31)19-25(23)22-9-5-4-6-10-22)16-18-34(3)17-8-13-28-32-26-11-7-12-27(35)29(26)33-28/h4-7,9-12,19,21,23-24,35H,8,13-18,20H2,1-3H3,(H,32,33). The highest BCUT2D eigenvalue weighted by Crippen LogP contribution is 2.53. The molecule has 0 aliphatic heterocycles. The van der Waals surface area contributed by atoms with E-state index >= 15 is 0 Å². The van der Waals surface area contributed by atoms with Crippen LogP contribution < -0.4 is 0 Å². The van der Waals surface area contributed by atoms with Crippen LogP contribution in [-0.4, -0.2) is 51.7 Å². The van der Waals surface area contributed by atoms with Crippen molar-refractivity contribution in [3.8, 4) is 5.75 Å². The molecule has 0 saturated heterocycles. The van der Waals surface area contributed by atoms with Crippen LogP contribution in [0.3, 0.4) is 0 Å². The summed E-state index contributed by atoms with van der Waals surface area (Å²) in [7, 11) is 2.15. The first-order valence-electron chi connectivity index (χ1n) is 13.7. The molecule has 3 aliphatic rings. The summed E-state index contributed by atoms with van der Waals surface area (Å²) in [6, 6.07) is 16.1. The molecule has 37 heavy (non-hydrogen) atoms. The molecule has 0 radical (unpaired) electrons. The largest absolute Gasteiger partial charge is 0.506 e. The molecule has 3 atom stereocenters. The van der Waals surface area contributed by atoms with Gasteiger partial charge in [-0.2, -0.15) is 0 Å². The number of aromatic nitrogens is 2. The van der Waals surface area contributed by atoms with Crippen LogP contribution in [0.1, 0.15) is 57.3 Å². The number of rotatable bonds is 10. The van der Waals surface area contributed by atoms with E-state index < -0.39 is 5.60 Å². The number of hydrogen-bond acceptors (Lipinski definition) is 5. The number of esters is 1. The number of carbonyl (C=O) groups excluding carboxylic acids is 1. The SMILES string of the molecule is CC(C)C(=O)OC1(CCN(C)CCCc2nc3c(O)cccc3[nH]2)CC2CCC1C=C2c1ccccc1. The van der Waals surface area contributed by atoms with E-state index in [1.165, 1.54) is 11.1 Å². The molecule has 6 nitrogen and oxygen atoms in total. The minimum Gasteiger partial charge on any atom is -0.506 e. The zero-order valence-corrected chi connectivity index (χ0v) is 22.2. The number of allylic oxidation sites excluding steroid dienone is 1. The van der Waals surface area contributed by atoms with E-state index in [2.05, 4.69) is 58.3 Å². The van der Waals surface area contributed by atoms with E-state index in [4.69, 9.17) is 4.74 Å². The average Bonchev–Trinajstić information content (AvgIpc) is 3.33. The summed E-state index contributed by atoms with van der Waals surface area (Å²) in [4.78, 5) is 23.0. The van der Waals surface area contributed by atoms with E-state index in [9.17, 15) is 9.90 Å². The zero-order chi connectivity index (χ0) is 26.0. The number of para-hydroxylation sites is 1. The van der Waals surface area contributed by atoms with Gasteiger partial charge >= 0.3 is 5.97 Å². The fraction of sp³-hybridized carbons (Fsp3) is 0.484. The number of phenols is 1. The van der Waals surface area contributed by atoms with Crippen molar-refractivity contribution in [2.24, 2.45) is 17.8 Å². The number of aryl methyl sites for hydroxylation is 1. The van der Waals surface area contributed by atoms with Gasteiger partial charge in [-0.25, -0.2) is 4.98 Å². The molecule has 2 bridgehead atoms. The highest BCUT2D eigenvalue weighted by Gasteiger charge is 2.50. The number of ether oxygens (including phenoxy) is 1. The fourth-order valence-corrected chi connectivity index (χ4v) is 6.10. The zero-order valence-electron chi connectivity index (χ0n) is 22.2. The monoisotopic (exact) mass is 501 g/mol. The summed E-state index contributed by atoms with van der Waals surface area (Å²) in [5.74, 6) is 1.59. The lowest BCUT2D eigenvalue weighted by molar-refractivity contribution is -0.176. The first-order chi connectivity index (χ1) is 17.8. The molecule has 6 heteroatoms. The number of fused-ring (bicyclic) bond motifs is 3. The molecular formula is C31H39N3O3. The van der Waals surface area contributed by atoms with Gasteiger partial charge in [-0.15, -0.1) is 0 Å². The van der Waals surface area contributed by atoms with Gasteiger partial charge < -0.3 is 19.7 Å². The van der Waals surface area contributed by atoms with Gasteiger partial charge in [0.25, 0.3) is 0 Å². The maximum Gasteiger partial charge on any atom is 0.308 e. The molecule has 0 amide bonds. The predicted molar refractivity (Wildman–Crippen MR) is 147 cm³/mol. The maximum atomic E-state index is 12.8. The number of hydrogen-bond donors (Lipinski definition) is 2. The van der Waals surface area contributed by atoms with Gasteiger partial charge in [0, 0.05) is 25.3 Å². The average molecular weight is 502 g/mol. The highest BCUT2D eigenvalue weighted by molar-refractivity contribution is 5.81. The molecule has 1 saturated carbocycles. The van der Waals surface area contributed by atoms with E-state index in [1.54, 1.807) is 6.07 Å². The molecule has 3 unspecified atom stereocenters. The molecule has 1 aromatic heterocycles. The molecule has 3 aromatic rings. The Kier molecular flexibility index (Phi) is 7.38. The third-order valence-electron chi connectivity index (χ3n) is 8.21. The lowest BCUT2D eigenvalue weighted by Crippen LogP contribution is -2.51. The Morgan fingerprint density at radius 2 is 1.97 bits per heavy atom. The van der Waals surface area contributed by atoms with E-state index in [0.29, 0.717) is 11.4 Å². The van der Waals surface area contributed by atoms with E-state index in [1.807, 2.05) is 26.0 Å². The first-order valence-corrected chi connectivity index (χ1v) is 13.7. The van der Waals surface area contributed by atoms with E-state index in [-0.39, 0.29) is 23.6 Å². The molecule has 3 aliphatic carbocycles. The van der Waals surface area contributed by atoms with Crippen LogP contribution >= 0.6 is 0 Å². The Labute approximate surface area is 219 Å². The first kappa shape index (κ1) is 25.5. The summed E-state index contributed by atoms with van der Waals surface area (Å²) >= 11 is 0. The van der Waals surface area contributed by atoms with Gasteiger partial charge in [-0.1, -0.05) is 56.3 Å². The minimum atomic E-state index is -0.424. The molecule has 2 aromatic carbocycles. The number of nitrogens with one attached hydrogen (secondary N) is 1. The Bertz CT molecular complexity index is 1270. The van der Waals surface area contributed by atoms with Crippen molar-refractivity contribution in [3.05, 3.63) is 66.0 Å². The summed E-state index contributed by atoms with van der Waals surface area (Å²) in [6.07, 6.45) is 8.19. The second-order valence-corrected chi connectivity index (χ2v) is 11.2. The fourth-order valence-electron chi connectivity index (χ4n) is 6.10. The molecule has 1 fully saturated rings. The Morgan fingerprint density at radius 1 is 1.16 bits per heavy atom. The van der Waals surface area contributed by atoms with Crippen LogP contribution in [-0.2, 0) is 16.0 Å². The quantitative estimate of drug-likeness (QED) is 0.335. The van der Waals surface area contributed by atoms with Gasteiger partial charge in [0.1, 0.15) is 22.7 Å². The summed E-state index contributed by atoms with van der Waals surface area (Å²) in [5.41, 5.74) is 3.81. The molecule has 196 valence electrons. The van der Waals surface area contributed by atoms with Crippen LogP contribution in [0.2, 0.25) is 0 Å². The van der Waals surface area contributed by atoms with Crippen molar-refractivity contribution in [1.82, 2.24) is 14.9 Å². The maximum absolute atomic E-state index is 12.8. The van der Waals surface area contributed by atoms with Crippen molar-refractivity contribution >= 4 is 22.6 Å². The van der Waals surface area contributed by atoms with Crippen LogP contribution in [0.4, 0.5) is 0 Å². The second-order valence-electron chi connectivity index (χ2n) is 11.2. The minimum absolute atomic E-state index is 0.0852. The number of carbonyl (C=O) groups is 1. The molecule has 0 spiro atoms. The van der Waals surface area contributed by atoms with Gasteiger partial charge in [-0.3, -0.25) is 4.79 Å². The number of phenolic OH excluding ortho intramolecular Hbond substituents is 1. The van der Waals surface area contributed by atoms with E-state index in [0.717, 1.165) is 63.0 Å². The summed E-state index contributed by atoms with van der Waals surface area (Å²) in [6.45, 7) is 5.65. The molecule has 6 rings (SSSR count). The van der Waals surface area contributed by atoms with Gasteiger partial charge in [0.05, 0.1) is 11.4 Å². The normalized spacial score (nSPS) is 23.1. The summed E-state index contributed by atoms with van der Waals surface area (Å²) in [5, 5.41) is 10.0. The van der Waals surface area contributed by atoms with Crippen LogP contribution in [0.25, 0.3) is 16.6 Å². The predicted octanol–water partition coefficient (Wildman–Crippen LogP) is 5.97. The van der Waals surface area contributed by atoms with Crippen molar-refractivity contribution in [2.75, 3.05) is 20.1 Å². The van der Waals surface area contributed by atoms with Crippen LogP contribution in [0.15, 0.2) is 54.6 Å². The lowest BCUT2D eigenvalue weighted by Gasteiger charge is -2.50. The third kappa shape index (κ3) is 5.45. The summed E-state index contributed by atoms with van der Waals surface area (Å²) < 4.78 is 6.38. The van der Waals surface area contributed by atoms with Gasteiger partial charge in [-0.05, 0) is 68.5 Å². The number of nitrogens with zero attached hydrogens (tertiary/aromatic N) is 2. The Balaban J connectivity index is 1.23. The molecular weight excluding hydrogens is 462 g/mol. The lowest BCUT2D eigenvalue weighted by atomic mass is 9.60. The molecule has 2 N–H and O–H groups in total. The third-order valence-corrected chi connectivity index (χ3v) is 8.21. The number of aromatic amines is 1. The number of H-pyrrole nitrogens is 1. The molecule has 1 heterocycles. The highest BCUT2D eigenvalue weighted by atomic mass is 16.6.